The molecule has 0 aromatic carbocycles. The van der Waals surface area contributed by atoms with E-state index in [0.29, 0.717) is 24.6 Å². The van der Waals surface area contributed by atoms with Gasteiger partial charge in [-0.25, -0.2) is 0 Å². The fraction of sp³-hybridized carbons (Fsp3) is 0.316. The fourth-order valence-electron chi connectivity index (χ4n) is 3.04. The number of carbonyl (C=O) groups excluding carboxylic acids is 1. The van der Waals surface area contributed by atoms with Crippen molar-refractivity contribution in [3.05, 3.63) is 71.7 Å². The summed E-state index contributed by atoms with van der Waals surface area (Å²) in [5.41, 5.74) is 2.71. The Hall–Kier alpha value is -2.89. The Kier molecular flexibility index (Phi) is 4.09. The van der Waals surface area contributed by atoms with Gasteiger partial charge in [-0.3, -0.25) is 14.5 Å². The molecule has 0 N–H and O–H groups in total. The van der Waals surface area contributed by atoms with E-state index in [0.717, 1.165) is 11.5 Å². The third-order valence-electron chi connectivity index (χ3n) is 4.44. The van der Waals surface area contributed by atoms with Gasteiger partial charge in [0.2, 0.25) is 0 Å². The maximum Gasteiger partial charge on any atom is 0.256 e. The molecule has 0 radical (unpaired) electrons. The predicted octanol–water partition coefficient (Wildman–Crippen LogP) is 3.13. The van der Waals surface area contributed by atoms with Crippen molar-refractivity contribution in [2.45, 2.75) is 31.8 Å². The number of hydrogen-bond acceptors (Lipinski definition) is 4. The quantitative estimate of drug-likeness (QED) is 0.694. The Morgan fingerprint density at radius 1 is 1.32 bits per heavy atom. The number of aromatic nitrogens is 3. The molecule has 3 aromatic rings. The van der Waals surface area contributed by atoms with Gasteiger partial charge in [0.25, 0.3) is 5.91 Å². The van der Waals surface area contributed by atoms with E-state index in [4.69, 9.17) is 4.42 Å². The molecule has 3 aromatic heterocycles. The Labute approximate surface area is 146 Å². The SMILES string of the molecule is Cn1nc(CN(Cc2ccco2)C(=O)c2cccnc2)cc1C1CC1. The largest absolute Gasteiger partial charge is 0.467 e. The van der Waals surface area contributed by atoms with Crippen LogP contribution < -0.4 is 0 Å². The van der Waals surface area contributed by atoms with Crippen molar-refractivity contribution >= 4 is 5.91 Å². The molecule has 0 unspecified atom stereocenters. The molecule has 0 aliphatic heterocycles. The van der Waals surface area contributed by atoms with Crippen LogP contribution in [0.2, 0.25) is 0 Å². The number of furan rings is 1. The Morgan fingerprint density at radius 2 is 2.20 bits per heavy atom. The van der Waals surface area contributed by atoms with E-state index < -0.39 is 0 Å². The van der Waals surface area contributed by atoms with Gasteiger partial charge in [0, 0.05) is 31.1 Å². The van der Waals surface area contributed by atoms with Gasteiger partial charge < -0.3 is 9.32 Å². The highest BCUT2D eigenvalue weighted by Gasteiger charge is 2.28. The second kappa shape index (κ2) is 6.55. The van der Waals surface area contributed by atoms with Gasteiger partial charge in [-0.15, -0.1) is 0 Å². The van der Waals surface area contributed by atoms with Crippen molar-refractivity contribution in [3.63, 3.8) is 0 Å². The highest BCUT2D eigenvalue weighted by atomic mass is 16.3. The summed E-state index contributed by atoms with van der Waals surface area (Å²) in [7, 11) is 1.97. The molecule has 0 bridgehead atoms. The summed E-state index contributed by atoms with van der Waals surface area (Å²) >= 11 is 0. The molecule has 1 aliphatic rings. The van der Waals surface area contributed by atoms with E-state index in [2.05, 4.69) is 16.1 Å². The molecule has 4 rings (SSSR count). The average molecular weight is 336 g/mol. The number of aryl methyl sites for hydroxylation is 1. The molecule has 1 saturated carbocycles. The number of rotatable bonds is 6. The first-order valence-electron chi connectivity index (χ1n) is 8.45. The minimum atomic E-state index is -0.0804. The Bertz CT molecular complexity index is 851. The highest BCUT2D eigenvalue weighted by molar-refractivity contribution is 5.93. The normalized spacial score (nSPS) is 13.8. The van der Waals surface area contributed by atoms with Crippen molar-refractivity contribution in [1.82, 2.24) is 19.7 Å². The maximum absolute atomic E-state index is 12.9. The number of carbonyl (C=O) groups is 1. The van der Waals surface area contributed by atoms with Gasteiger partial charge in [0.15, 0.2) is 0 Å². The van der Waals surface area contributed by atoms with Crippen LogP contribution in [0.25, 0.3) is 0 Å². The molecule has 0 saturated heterocycles. The van der Waals surface area contributed by atoms with Gasteiger partial charge in [-0.2, -0.15) is 5.10 Å². The fourth-order valence-corrected chi connectivity index (χ4v) is 3.04. The number of nitrogens with zero attached hydrogens (tertiary/aromatic N) is 4. The Balaban J connectivity index is 1.58. The van der Waals surface area contributed by atoms with Crippen molar-refractivity contribution in [2.24, 2.45) is 7.05 Å². The third-order valence-corrected chi connectivity index (χ3v) is 4.44. The molecule has 128 valence electrons. The number of hydrogen-bond donors (Lipinski definition) is 0. The lowest BCUT2D eigenvalue weighted by molar-refractivity contribution is 0.0714. The summed E-state index contributed by atoms with van der Waals surface area (Å²) in [4.78, 5) is 18.7. The topological polar surface area (TPSA) is 64.2 Å². The van der Waals surface area contributed by atoms with Crippen LogP contribution in [0.3, 0.4) is 0 Å². The minimum absolute atomic E-state index is 0.0804. The van der Waals surface area contributed by atoms with Crippen molar-refractivity contribution in [1.29, 1.82) is 0 Å². The van der Waals surface area contributed by atoms with Crippen LogP contribution in [-0.4, -0.2) is 25.6 Å². The molecule has 6 heteroatoms. The van der Waals surface area contributed by atoms with Crippen LogP contribution in [-0.2, 0) is 20.1 Å². The van der Waals surface area contributed by atoms with E-state index in [1.165, 1.54) is 18.5 Å². The number of pyridine rings is 1. The standard InChI is InChI=1S/C19H20N4O2/c1-22-18(14-6-7-14)10-16(21-22)12-23(13-17-5-3-9-25-17)19(24)15-4-2-8-20-11-15/h2-5,8-11,14H,6-7,12-13H2,1H3. The summed E-state index contributed by atoms with van der Waals surface area (Å²) in [6.45, 7) is 0.838. The van der Waals surface area contributed by atoms with Crippen LogP contribution in [0.4, 0.5) is 0 Å². The van der Waals surface area contributed by atoms with E-state index in [1.807, 2.05) is 23.9 Å². The summed E-state index contributed by atoms with van der Waals surface area (Å²) in [5, 5.41) is 4.59. The molecule has 0 atom stereocenters. The third kappa shape index (κ3) is 3.47. The van der Waals surface area contributed by atoms with Crippen LogP contribution in [0.15, 0.2) is 53.4 Å². The molecule has 1 fully saturated rings. The lowest BCUT2D eigenvalue weighted by Gasteiger charge is -2.20. The van der Waals surface area contributed by atoms with Gasteiger partial charge >= 0.3 is 0 Å². The zero-order chi connectivity index (χ0) is 17.2. The molecule has 1 amide bonds. The van der Waals surface area contributed by atoms with Crippen molar-refractivity contribution in [2.75, 3.05) is 0 Å². The average Bonchev–Trinajstić information content (AvgIpc) is 3.22. The molecule has 0 spiro atoms. The predicted molar refractivity (Wildman–Crippen MR) is 91.7 cm³/mol. The van der Waals surface area contributed by atoms with Gasteiger partial charge in [0.1, 0.15) is 5.76 Å². The van der Waals surface area contributed by atoms with E-state index in [-0.39, 0.29) is 5.91 Å². The van der Waals surface area contributed by atoms with Crippen molar-refractivity contribution < 1.29 is 9.21 Å². The molecule has 1 aliphatic carbocycles. The van der Waals surface area contributed by atoms with Crippen LogP contribution in [0.1, 0.15) is 46.3 Å². The van der Waals surface area contributed by atoms with Gasteiger partial charge in [-0.1, -0.05) is 0 Å². The zero-order valence-electron chi connectivity index (χ0n) is 14.1. The lowest BCUT2D eigenvalue weighted by atomic mass is 10.2. The summed E-state index contributed by atoms with van der Waals surface area (Å²) in [5.74, 6) is 1.29. The summed E-state index contributed by atoms with van der Waals surface area (Å²) in [6.07, 6.45) is 7.32. The monoisotopic (exact) mass is 336 g/mol. The minimum Gasteiger partial charge on any atom is -0.467 e. The highest BCUT2D eigenvalue weighted by Crippen LogP contribution is 2.40. The molecule has 3 heterocycles. The van der Waals surface area contributed by atoms with Crippen LogP contribution >= 0.6 is 0 Å². The molecular formula is C19H20N4O2. The first kappa shape index (κ1) is 15.6. The zero-order valence-corrected chi connectivity index (χ0v) is 14.1. The van der Waals surface area contributed by atoms with Gasteiger partial charge in [-0.05, 0) is 43.2 Å². The van der Waals surface area contributed by atoms with Crippen molar-refractivity contribution in [3.8, 4) is 0 Å². The molecular weight excluding hydrogens is 316 g/mol. The lowest BCUT2D eigenvalue weighted by Crippen LogP contribution is -2.30. The van der Waals surface area contributed by atoms with E-state index in [1.54, 1.807) is 35.7 Å². The first-order valence-corrected chi connectivity index (χ1v) is 8.45. The molecule has 25 heavy (non-hydrogen) atoms. The van der Waals surface area contributed by atoms with Gasteiger partial charge in [0.05, 0.1) is 30.6 Å². The summed E-state index contributed by atoms with van der Waals surface area (Å²) < 4.78 is 7.37. The first-order chi connectivity index (χ1) is 12.2. The van der Waals surface area contributed by atoms with Crippen LogP contribution in [0.5, 0.6) is 0 Å². The summed E-state index contributed by atoms with van der Waals surface area (Å²) in [6, 6.07) is 9.36. The molecule has 6 nitrogen and oxygen atoms in total. The van der Waals surface area contributed by atoms with Crippen LogP contribution in [0, 0.1) is 0 Å². The second-order valence-electron chi connectivity index (χ2n) is 6.44. The Morgan fingerprint density at radius 3 is 2.88 bits per heavy atom. The van der Waals surface area contributed by atoms with E-state index >= 15 is 0 Å². The maximum atomic E-state index is 12.9. The van der Waals surface area contributed by atoms with E-state index in [9.17, 15) is 4.79 Å². The smallest absolute Gasteiger partial charge is 0.256 e. The number of amides is 1. The second-order valence-corrected chi connectivity index (χ2v) is 6.44.